The first-order chi connectivity index (χ1) is 13.9. The molecule has 2 aromatic carbocycles. The molecule has 8 heteroatoms. The monoisotopic (exact) mass is 428 g/mol. The van der Waals surface area contributed by atoms with Crippen molar-refractivity contribution in [2.45, 2.75) is 6.92 Å². The van der Waals surface area contributed by atoms with Crippen LogP contribution < -0.4 is 14.8 Å². The molecule has 150 valence electrons. The van der Waals surface area contributed by atoms with Crippen LogP contribution in [0.4, 0.5) is 5.69 Å². The Morgan fingerprint density at radius 2 is 2.00 bits per heavy atom. The summed E-state index contributed by atoms with van der Waals surface area (Å²) in [5.74, 6) is 0.506. The van der Waals surface area contributed by atoms with Gasteiger partial charge in [-0.15, -0.1) is 0 Å². The minimum Gasteiger partial charge on any atom is -0.493 e. The SMILES string of the molecule is COc1cc(/C=C2/SC(=S)N(C)C2=O)ccc1OCC(=O)Nc1ccccc1C. The van der Waals surface area contributed by atoms with Crippen molar-refractivity contribution < 1.29 is 19.1 Å². The summed E-state index contributed by atoms with van der Waals surface area (Å²) in [6, 6.07) is 12.8. The van der Waals surface area contributed by atoms with Gasteiger partial charge in [0, 0.05) is 12.7 Å². The number of nitrogens with one attached hydrogen (secondary N) is 1. The molecule has 1 N–H and O–H groups in total. The number of hydrogen-bond donors (Lipinski definition) is 1. The standard InChI is InChI=1S/C21H20N2O4S2/c1-13-6-4-5-7-15(13)22-19(24)12-27-16-9-8-14(10-17(16)26-3)11-18-20(25)23(2)21(28)29-18/h4-11H,12H2,1-3H3,(H,22,24)/b18-11+. The van der Waals surface area contributed by atoms with E-state index >= 15 is 0 Å². The van der Waals surface area contributed by atoms with Gasteiger partial charge in [0.25, 0.3) is 11.8 Å². The van der Waals surface area contributed by atoms with E-state index in [1.165, 1.54) is 23.8 Å². The van der Waals surface area contributed by atoms with Gasteiger partial charge in [-0.2, -0.15) is 0 Å². The van der Waals surface area contributed by atoms with Crippen LogP contribution in [-0.2, 0) is 9.59 Å². The lowest BCUT2D eigenvalue weighted by atomic mass is 10.2. The second kappa shape index (κ2) is 9.11. The van der Waals surface area contributed by atoms with Gasteiger partial charge in [0.2, 0.25) is 0 Å². The number of carbonyl (C=O) groups excluding carboxylic acids is 2. The Hall–Kier alpha value is -2.84. The van der Waals surface area contributed by atoms with Gasteiger partial charge in [-0.05, 0) is 42.3 Å². The van der Waals surface area contributed by atoms with E-state index in [2.05, 4.69) is 5.32 Å². The molecule has 0 atom stereocenters. The summed E-state index contributed by atoms with van der Waals surface area (Å²) in [5.41, 5.74) is 2.49. The van der Waals surface area contributed by atoms with Gasteiger partial charge in [-0.1, -0.05) is 48.2 Å². The van der Waals surface area contributed by atoms with E-state index in [-0.39, 0.29) is 18.4 Å². The molecule has 2 aromatic rings. The molecule has 0 saturated carbocycles. The highest BCUT2D eigenvalue weighted by molar-refractivity contribution is 8.26. The Morgan fingerprint density at radius 3 is 2.66 bits per heavy atom. The molecule has 0 radical (unpaired) electrons. The molecule has 1 fully saturated rings. The van der Waals surface area contributed by atoms with Gasteiger partial charge in [0.15, 0.2) is 18.1 Å². The van der Waals surface area contributed by atoms with Gasteiger partial charge in [-0.3, -0.25) is 14.5 Å². The maximum absolute atomic E-state index is 12.2. The number of anilines is 1. The molecule has 0 bridgehead atoms. The molecule has 29 heavy (non-hydrogen) atoms. The van der Waals surface area contributed by atoms with E-state index in [0.29, 0.717) is 20.7 Å². The number of likely N-dealkylation sites (N-methyl/N-ethyl adjacent to an activating group) is 1. The summed E-state index contributed by atoms with van der Waals surface area (Å²) < 4.78 is 11.5. The predicted octanol–water partition coefficient (Wildman–Crippen LogP) is 3.85. The Morgan fingerprint density at radius 1 is 1.24 bits per heavy atom. The van der Waals surface area contributed by atoms with E-state index in [1.54, 1.807) is 31.3 Å². The van der Waals surface area contributed by atoms with Crippen LogP contribution >= 0.6 is 24.0 Å². The number of methoxy groups -OCH3 is 1. The molecule has 1 aliphatic heterocycles. The number of thiocarbonyl (C=S) groups is 1. The average molecular weight is 429 g/mol. The van der Waals surface area contributed by atoms with Crippen molar-refractivity contribution in [2.24, 2.45) is 0 Å². The van der Waals surface area contributed by atoms with Gasteiger partial charge in [0.1, 0.15) is 4.32 Å². The van der Waals surface area contributed by atoms with Crippen LogP contribution in [0.3, 0.4) is 0 Å². The number of amides is 2. The number of rotatable bonds is 6. The van der Waals surface area contributed by atoms with Crippen molar-refractivity contribution >= 4 is 51.9 Å². The number of nitrogens with zero attached hydrogens (tertiary/aromatic N) is 1. The van der Waals surface area contributed by atoms with Gasteiger partial charge >= 0.3 is 0 Å². The largest absolute Gasteiger partial charge is 0.493 e. The maximum Gasteiger partial charge on any atom is 0.265 e. The van der Waals surface area contributed by atoms with Crippen LogP contribution in [0.2, 0.25) is 0 Å². The Bertz CT molecular complexity index is 1000. The zero-order valence-electron chi connectivity index (χ0n) is 16.2. The van der Waals surface area contributed by atoms with Crippen molar-refractivity contribution in [1.82, 2.24) is 4.90 Å². The van der Waals surface area contributed by atoms with Gasteiger partial charge in [-0.25, -0.2) is 0 Å². The van der Waals surface area contributed by atoms with Crippen molar-refractivity contribution in [3.8, 4) is 11.5 Å². The second-order valence-electron chi connectivity index (χ2n) is 6.30. The molecule has 0 spiro atoms. The normalized spacial score (nSPS) is 15.0. The number of hydrogen-bond acceptors (Lipinski definition) is 6. The van der Waals surface area contributed by atoms with Crippen LogP contribution in [0.5, 0.6) is 11.5 Å². The smallest absolute Gasteiger partial charge is 0.265 e. The average Bonchev–Trinajstić information content (AvgIpc) is 2.95. The number of aryl methyl sites for hydroxylation is 1. The van der Waals surface area contributed by atoms with Crippen LogP contribution in [0.1, 0.15) is 11.1 Å². The molecular weight excluding hydrogens is 408 g/mol. The third kappa shape index (κ3) is 4.96. The van der Waals surface area contributed by atoms with E-state index < -0.39 is 0 Å². The molecular formula is C21H20N2O4S2. The fourth-order valence-electron chi connectivity index (χ4n) is 2.63. The minimum absolute atomic E-state index is 0.132. The number of thioether (sulfide) groups is 1. The third-order valence-electron chi connectivity index (χ3n) is 4.25. The van der Waals surface area contributed by atoms with Crippen molar-refractivity contribution in [3.63, 3.8) is 0 Å². The van der Waals surface area contributed by atoms with Crippen molar-refractivity contribution in [2.75, 3.05) is 26.1 Å². The lowest BCUT2D eigenvalue weighted by Gasteiger charge is -2.12. The Kier molecular flexibility index (Phi) is 6.56. The molecule has 0 unspecified atom stereocenters. The van der Waals surface area contributed by atoms with Gasteiger partial charge < -0.3 is 14.8 Å². The van der Waals surface area contributed by atoms with Crippen LogP contribution in [0, 0.1) is 6.92 Å². The molecule has 3 rings (SSSR count). The lowest BCUT2D eigenvalue weighted by molar-refractivity contribution is -0.121. The summed E-state index contributed by atoms with van der Waals surface area (Å²) in [6.45, 7) is 1.77. The van der Waals surface area contributed by atoms with E-state index in [4.69, 9.17) is 21.7 Å². The molecule has 6 nitrogen and oxygen atoms in total. The molecule has 1 aliphatic rings. The number of ether oxygens (including phenoxy) is 2. The zero-order valence-corrected chi connectivity index (χ0v) is 17.9. The second-order valence-corrected chi connectivity index (χ2v) is 7.98. The fraction of sp³-hybridized carbons (Fsp3) is 0.190. The van der Waals surface area contributed by atoms with Crippen molar-refractivity contribution in [3.05, 3.63) is 58.5 Å². The third-order valence-corrected chi connectivity index (χ3v) is 5.73. The molecule has 0 aliphatic carbocycles. The van der Waals surface area contributed by atoms with Crippen LogP contribution in [-0.4, -0.2) is 41.8 Å². The highest BCUT2D eigenvalue weighted by Gasteiger charge is 2.28. The lowest BCUT2D eigenvalue weighted by Crippen LogP contribution is -2.22. The molecule has 1 saturated heterocycles. The maximum atomic E-state index is 12.2. The first-order valence-corrected chi connectivity index (χ1v) is 9.99. The van der Waals surface area contributed by atoms with E-state index in [1.807, 2.05) is 31.2 Å². The zero-order chi connectivity index (χ0) is 21.0. The highest BCUT2D eigenvalue weighted by Crippen LogP contribution is 2.34. The van der Waals surface area contributed by atoms with E-state index in [9.17, 15) is 9.59 Å². The number of para-hydroxylation sites is 1. The Labute approximate surface area is 178 Å². The van der Waals surface area contributed by atoms with Gasteiger partial charge in [0.05, 0.1) is 12.0 Å². The highest BCUT2D eigenvalue weighted by atomic mass is 32.2. The van der Waals surface area contributed by atoms with Crippen LogP contribution in [0.25, 0.3) is 6.08 Å². The number of carbonyl (C=O) groups is 2. The molecule has 1 heterocycles. The molecule has 2 amide bonds. The first kappa shape index (κ1) is 20.9. The predicted molar refractivity (Wildman–Crippen MR) is 119 cm³/mol. The summed E-state index contributed by atoms with van der Waals surface area (Å²) >= 11 is 6.39. The quantitative estimate of drug-likeness (QED) is 0.557. The summed E-state index contributed by atoms with van der Waals surface area (Å²) in [7, 11) is 3.17. The fourth-order valence-corrected chi connectivity index (χ4v) is 3.81. The number of benzene rings is 2. The molecule has 0 aromatic heterocycles. The van der Waals surface area contributed by atoms with Crippen molar-refractivity contribution in [1.29, 1.82) is 0 Å². The summed E-state index contributed by atoms with van der Waals surface area (Å²) in [4.78, 5) is 26.3. The van der Waals surface area contributed by atoms with E-state index in [0.717, 1.165) is 16.8 Å². The summed E-state index contributed by atoms with van der Waals surface area (Å²) in [5, 5.41) is 2.82. The van der Waals surface area contributed by atoms with Crippen LogP contribution in [0.15, 0.2) is 47.4 Å². The topological polar surface area (TPSA) is 67.9 Å². The first-order valence-electron chi connectivity index (χ1n) is 8.77. The Balaban J connectivity index is 1.68. The minimum atomic E-state index is -0.267. The summed E-state index contributed by atoms with van der Waals surface area (Å²) in [6.07, 6.45) is 1.75.